The summed E-state index contributed by atoms with van der Waals surface area (Å²) in [5.74, 6) is 0. The molecule has 1 aromatic rings. The van der Waals surface area contributed by atoms with Gasteiger partial charge in [0.2, 0.25) is 0 Å². The van der Waals surface area contributed by atoms with Gasteiger partial charge in [0.1, 0.15) is 0 Å². The maximum Gasteiger partial charge on any atom is 0.0897 e. The Morgan fingerprint density at radius 2 is 1.89 bits per heavy atom. The van der Waals surface area contributed by atoms with Gasteiger partial charge in [0, 0.05) is 20.2 Å². The van der Waals surface area contributed by atoms with Crippen molar-refractivity contribution in [3.05, 3.63) is 35.4 Å². The second-order valence-electron chi connectivity index (χ2n) is 4.87. The monoisotopic (exact) mass is 267 g/mol. The van der Waals surface area contributed by atoms with Crippen molar-refractivity contribution in [1.29, 1.82) is 0 Å². The van der Waals surface area contributed by atoms with Gasteiger partial charge >= 0.3 is 0 Å². The average molecular weight is 267 g/mol. The number of aliphatic hydroxyl groups is 1. The number of hydrogen-bond donors (Lipinski definition) is 2. The van der Waals surface area contributed by atoms with E-state index in [0.717, 1.165) is 6.54 Å². The van der Waals surface area contributed by atoms with Crippen LogP contribution in [0.4, 0.5) is 0 Å². The molecule has 2 unspecified atom stereocenters. The third-order valence-corrected chi connectivity index (χ3v) is 2.80. The van der Waals surface area contributed by atoms with Crippen LogP contribution < -0.4 is 5.32 Å². The highest BCUT2D eigenvalue weighted by molar-refractivity contribution is 5.21. The van der Waals surface area contributed by atoms with Gasteiger partial charge in [0.25, 0.3) is 0 Å². The molecule has 4 heteroatoms. The van der Waals surface area contributed by atoms with Crippen molar-refractivity contribution in [2.24, 2.45) is 0 Å². The van der Waals surface area contributed by atoms with Crippen LogP contribution in [0.25, 0.3) is 0 Å². The molecular formula is C15H25NO3. The Morgan fingerprint density at radius 3 is 2.53 bits per heavy atom. The normalized spacial score (nSPS) is 14.3. The van der Waals surface area contributed by atoms with Crippen molar-refractivity contribution < 1.29 is 14.6 Å². The molecule has 0 aliphatic rings. The number of aliphatic hydroxyl groups excluding tert-OH is 1. The predicted octanol–water partition coefficient (Wildman–Crippen LogP) is 1.50. The van der Waals surface area contributed by atoms with E-state index in [4.69, 9.17) is 9.47 Å². The second kappa shape index (κ2) is 9.04. The molecule has 0 aliphatic heterocycles. The Kier molecular flexibility index (Phi) is 7.67. The van der Waals surface area contributed by atoms with Gasteiger partial charge in [-0.2, -0.15) is 0 Å². The second-order valence-corrected chi connectivity index (χ2v) is 4.87. The molecule has 0 saturated heterocycles. The summed E-state index contributed by atoms with van der Waals surface area (Å²) in [5, 5.41) is 13.0. The van der Waals surface area contributed by atoms with Crippen molar-refractivity contribution in [3.63, 3.8) is 0 Å². The number of rotatable bonds is 9. The topological polar surface area (TPSA) is 50.7 Å². The minimum absolute atomic E-state index is 0.0109. The molecule has 2 N–H and O–H groups in total. The van der Waals surface area contributed by atoms with Crippen molar-refractivity contribution in [2.45, 2.75) is 32.6 Å². The summed E-state index contributed by atoms with van der Waals surface area (Å²) in [6.45, 7) is 6.14. The summed E-state index contributed by atoms with van der Waals surface area (Å²) in [6.07, 6.45) is -0.485. The Labute approximate surface area is 115 Å². The molecule has 108 valence electrons. The molecule has 2 atom stereocenters. The van der Waals surface area contributed by atoms with Crippen molar-refractivity contribution in [2.75, 3.05) is 26.9 Å². The minimum atomic E-state index is -0.496. The van der Waals surface area contributed by atoms with E-state index in [2.05, 4.69) is 36.5 Å². The van der Waals surface area contributed by atoms with Crippen molar-refractivity contribution in [1.82, 2.24) is 5.32 Å². The molecule has 0 heterocycles. The van der Waals surface area contributed by atoms with E-state index >= 15 is 0 Å². The maximum absolute atomic E-state index is 9.76. The Bertz CT molecular complexity index is 340. The van der Waals surface area contributed by atoms with Crippen LogP contribution in [-0.4, -0.2) is 44.2 Å². The van der Waals surface area contributed by atoms with Gasteiger partial charge in [-0.05, 0) is 19.4 Å². The molecule has 0 spiro atoms. The molecule has 0 amide bonds. The number of hydrogen-bond acceptors (Lipinski definition) is 4. The van der Waals surface area contributed by atoms with Gasteiger partial charge in [-0.15, -0.1) is 0 Å². The first-order chi connectivity index (χ1) is 9.11. The molecule has 0 bridgehead atoms. The van der Waals surface area contributed by atoms with E-state index in [9.17, 15) is 5.11 Å². The first kappa shape index (κ1) is 16.1. The quantitative estimate of drug-likeness (QED) is 0.712. The van der Waals surface area contributed by atoms with E-state index in [1.165, 1.54) is 11.1 Å². The van der Waals surface area contributed by atoms with Crippen molar-refractivity contribution >= 4 is 0 Å². The zero-order valence-electron chi connectivity index (χ0n) is 12.1. The molecule has 0 saturated carbocycles. The molecule has 0 radical (unpaired) electrons. The van der Waals surface area contributed by atoms with Gasteiger partial charge in [0.15, 0.2) is 0 Å². The lowest BCUT2D eigenvalue weighted by Gasteiger charge is -2.16. The minimum Gasteiger partial charge on any atom is -0.389 e. The molecule has 4 nitrogen and oxygen atoms in total. The Hall–Kier alpha value is -0.940. The molecule has 1 rings (SSSR count). The van der Waals surface area contributed by atoms with E-state index in [0.29, 0.717) is 19.8 Å². The standard InChI is InChI=1S/C15H25NO3/c1-12-4-6-14(7-5-12)8-16-9-15(17)11-19-13(2)10-18-3/h4-7,13,15-17H,8-11H2,1-3H3. The predicted molar refractivity (Wildman–Crippen MR) is 76.2 cm³/mol. The Balaban J connectivity index is 2.13. The summed E-state index contributed by atoms with van der Waals surface area (Å²) >= 11 is 0. The van der Waals surface area contributed by atoms with Gasteiger partial charge < -0.3 is 19.9 Å². The molecular weight excluding hydrogens is 242 g/mol. The molecule has 0 aromatic heterocycles. The van der Waals surface area contributed by atoms with Crippen LogP contribution in [-0.2, 0) is 16.0 Å². The lowest BCUT2D eigenvalue weighted by molar-refractivity contribution is -0.0311. The maximum atomic E-state index is 9.76. The van der Waals surface area contributed by atoms with E-state index in [1.807, 2.05) is 6.92 Å². The smallest absolute Gasteiger partial charge is 0.0897 e. The van der Waals surface area contributed by atoms with Gasteiger partial charge in [-0.3, -0.25) is 0 Å². The van der Waals surface area contributed by atoms with E-state index < -0.39 is 6.10 Å². The molecule has 19 heavy (non-hydrogen) atoms. The highest BCUT2D eigenvalue weighted by atomic mass is 16.5. The number of nitrogens with one attached hydrogen (secondary N) is 1. The van der Waals surface area contributed by atoms with Crippen LogP contribution in [0.3, 0.4) is 0 Å². The lowest BCUT2D eigenvalue weighted by atomic mass is 10.1. The zero-order valence-corrected chi connectivity index (χ0v) is 12.1. The highest BCUT2D eigenvalue weighted by Gasteiger charge is 2.07. The zero-order chi connectivity index (χ0) is 14.1. The van der Waals surface area contributed by atoms with Gasteiger partial charge in [-0.1, -0.05) is 29.8 Å². The highest BCUT2D eigenvalue weighted by Crippen LogP contribution is 2.02. The van der Waals surface area contributed by atoms with Crippen LogP contribution in [0.1, 0.15) is 18.1 Å². The summed E-state index contributed by atoms with van der Waals surface area (Å²) in [6, 6.07) is 8.35. The summed E-state index contributed by atoms with van der Waals surface area (Å²) in [7, 11) is 1.64. The SMILES string of the molecule is COCC(C)OCC(O)CNCc1ccc(C)cc1. The largest absolute Gasteiger partial charge is 0.389 e. The number of aryl methyl sites for hydroxylation is 1. The van der Waals surface area contributed by atoms with Crippen LogP contribution in [0.15, 0.2) is 24.3 Å². The summed E-state index contributed by atoms with van der Waals surface area (Å²) in [4.78, 5) is 0. The number of ether oxygens (including phenoxy) is 2. The average Bonchev–Trinajstić information content (AvgIpc) is 2.39. The summed E-state index contributed by atoms with van der Waals surface area (Å²) < 4.78 is 10.4. The molecule has 0 fully saturated rings. The van der Waals surface area contributed by atoms with Crippen LogP contribution in [0.5, 0.6) is 0 Å². The van der Waals surface area contributed by atoms with Crippen LogP contribution in [0.2, 0.25) is 0 Å². The third-order valence-electron chi connectivity index (χ3n) is 2.80. The first-order valence-corrected chi connectivity index (χ1v) is 6.66. The van der Waals surface area contributed by atoms with Crippen LogP contribution >= 0.6 is 0 Å². The van der Waals surface area contributed by atoms with Gasteiger partial charge in [0.05, 0.1) is 25.4 Å². The van der Waals surface area contributed by atoms with Gasteiger partial charge in [-0.25, -0.2) is 0 Å². The summed E-state index contributed by atoms with van der Waals surface area (Å²) in [5.41, 5.74) is 2.47. The van der Waals surface area contributed by atoms with E-state index in [1.54, 1.807) is 7.11 Å². The fraction of sp³-hybridized carbons (Fsp3) is 0.600. The van der Waals surface area contributed by atoms with Crippen LogP contribution in [0, 0.1) is 6.92 Å². The lowest BCUT2D eigenvalue weighted by Crippen LogP contribution is -2.32. The van der Waals surface area contributed by atoms with Crippen molar-refractivity contribution in [3.8, 4) is 0 Å². The third kappa shape index (κ3) is 7.28. The number of benzene rings is 1. The Morgan fingerprint density at radius 1 is 1.21 bits per heavy atom. The molecule has 1 aromatic carbocycles. The fourth-order valence-electron chi connectivity index (χ4n) is 1.71. The fourth-order valence-corrected chi connectivity index (χ4v) is 1.71. The first-order valence-electron chi connectivity index (χ1n) is 6.66. The number of methoxy groups -OCH3 is 1. The molecule has 0 aliphatic carbocycles. The van der Waals surface area contributed by atoms with E-state index in [-0.39, 0.29) is 6.10 Å².